The average Bonchev–Trinajstić information content (AvgIpc) is 3.09. The van der Waals surface area contributed by atoms with Crippen LogP contribution in [0.3, 0.4) is 0 Å². The number of aromatic nitrogens is 2. The second-order valence-electron chi connectivity index (χ2n) is 5.30. The summed E-state index contributed by atoms with van der Waals surface area (Å²) in [7, 11) is 0. The zero-order valence-corrected chi connectivity index (χ0v) is 13.4. The number of thiazole rings is 1. The van der Waals surface area contributed by atoms with Gasteiger partial charge in [-0.25, -0.2) is 4.98 Å². The molecule has 3 aromatic rings. The minimum atomic E-state index is 0.546. The summed E-state index contributed by atoms with van der Waals surface area (Å²) >= 11 is 1.64. The number of hydrogen-bond acceptors (Lipinski definition) is 4. The van der Waals surface area contributed by atoms with E-state index in [9.17, 15) is 0 Å². The summed E-state index contributed by atoms with van der Waals surface area (Å²) in [6.07, 6.45) is 2.73. The van der Waals surface area contributed by atoms with E-state index >= 15 is 0 Å². The van der Waals surface area contributed by atoms with Crippen molar-refractivity contribution in [2.45, 2.75) is 13.3 Å². The SMILES string of the molecule is C=C(C)COc1ccc(-c2csc3ncc(CCN)n23)cc1. The smallest absolute Gasteiger partial charge is 0.194 e. The molecule has 2 aromatic heterocycles. The summed E-state index contributed by atoms with van der Waals surface area (Å²) in [5.74, 6) is 0.853. The number of ether oxygens (including phenoxy) is 1. The number of fused-ring (bicyclic) bond motifs is 1. The van der Waals surface area contributed by atoms with Gasteiger partial charge in [0.2, 0.25) is 0 Å². The minimum Gasteiger partial charge on any atom is -0.489 e. The van der Waals surface area contributed by atoms with E-state index in [2.05, 4.69) is 33.5 Å². The van der Waals surface area contributed by atoms with E-state index in [4.69, 9.17) is 10.5 Å². The molecule has 2 N–H and O–H groups in total. The fraction of sp³-hybridized carbons (Fsp3) is 0.235. The molecule has 0 aliphatic heterocycles. The standard InChI is InChI=1S/C17H19N3OS/c1-12(2)10-21-15-5-3-13(4-6-15)16-11-22-17-19-9-14(7-8-18)20(16)17/h3-6,9,11H,1,7-8,10,18H2,2H3. The van der Waals surface area contributed by atoms with E-state index < -0.39 is 0 Å². The monoisotopic (exact) mass is 313 g/mol. The molecule has 0 fully saturated rings. The topological polar surface area (TPSA) is 52.5 Å². The quantitative estimate of drug-likeness (QED) is 0.708. The Labute approximate surface area is 133 Å². The highest BCUT2D eigenvalue weighted by atomic mass is 32.1. The summed E-state index contributed by atoms with van der Waals surface area (Å²) in [6, 6.07) is 8.12. The lowest BCUT2D eigenvalue weighted by Gasteiger charge is -2.07. The first-order valence-electron chi connectivity index (χ1n) is 7.20. The van der Waals surface area contributed by atoms with Gasteiger partial charge in [-0.2, -0.15) is 0 Å². The van der Waals surface area contributed by atoms with Crippen LogP contribution in [0.25, 0.3) is 16.2 Å². The van der Waals surface area contributed by atoms with E-state index in [0.717, 1.165) is 39.7 Å². The lowest BCUT2D eigenvalue weighted by atomic mass is 10.1. The molecule has 0 aliphatic rings. The van der Waals surface area contributed by atoms with Gasteiger partial charge in [0.05, 0.1) is 11.9 Å². The van der Waals surface area contributed by atoms with Gasteiger partial charge in [-0.1, -0.05) is 6.58 Å². The second kappa shape index (κ2) is 6.34. The molecule has 0 spiro atoms. The van der Waals surface area contributed by atoms with Crippen LogP contribution in [-0.2, 0) is 6.42 Å². The fourth-order valence-corrected chi connectivity index (χ4v) is 3.21. The van der Waals surface area contributed by atoms with E-state index in [1.54, 1.807) is 11.3 Å². The molecule has 4 nitrogen and oxygen atoms in total. The molecule has 3 rings (SSSR count). The van der Waals surface area contributed by atoms with Gasteiger partial charge in [0.15, 0.2) is 4.96 Å². The first kappa shape index (κ1) is 14.8. The van der Waals surface area contributed by atoms with Crippen LogP contribution in [0.1, 0.15) is 12.6 Å². The predicted molar refractivity (Wildman–Crippen MR) is 91.6 cm³/mol. The molecule has 0 amide bonds. The normalized spacial score (nSPS) is 11.0. The second-order valence-corrected chi connectivity index (χ2v) is 6.13. The third-order valence-electron chi connectivity index (χ3n) is 3.36. The van der Waals surface area contributed by atoms with Gasteiger partial charge in [-0.05, 0) is 48.9 Å². The zero-order chi connectivity index (χ0) is 15.5. The first-order chi connectivity index (χ1) is 10.7. The zero-order valence-electron chi connectivity index (χ0n) is 12.6. The summed E-state index contributed by atoms with van der Waals surface area (Å²) in [6.45, 7) is 6.96. The summed E-state index contributed by atoms with van der Waals surface area (Å²) in [5, 5.41) is 2.13. The summed E-state index contributed by atoms with van der Waals surface area (Å²) in [4.78, 5) is 5.44. The van der Waals surface area contributed by atoms with Crippen LogP contribution >= 0.6 is 11.3 Å². The van der Waals surface area contributed by atoms with Crippen LogP contribution in [0.4, 0.5) is 0 Å². The van der Waals surface area contributed by atoms with Crippen molar-refractivity contribution < 1.29 is 4.74 Å². The molecule has 114 valence electrons. The maximum Gasteiger partial charge on any atom is 0.194 e. The van der Waals surface area contributed by atoms with Crippen molar-refractivity contribution in [2.24, 2.45) is 5.73 Å². The Kier molecular flexibility index (Phi) is 4.27. The lowest BCUT2D eigenvalue weighted by Crippen LogP contribution is -2.05. The van der Waals surface area contributed by atoms with Crippen molar-refractivity contribution in [1.29, 1.82) is 0 Å². The Morgan fingerprint density at radius 2 is 2.14 bits per heavy atom. The molecule has 22 heavy (non-hydrogen) atoms. The summed E-state index contributed by atoms with van der Waals surface area (Å²) < 4.78 is 7.82. The fourth-order valence-electron chi connectivity index (χ4n) is 2.32. The summed E-state index contributed by atoms with van der Waals surface area (Å²) in [5.41, 5.74) is 10.1. The molecular weight excluding hydrogens is 294 g/mol. The molecular formula is C17H19N3OS. The Balaban J connectivity index is 1.90. The van der Waals surface area contributed by atoms with Crippen molar-refractivity contribution in [3.63, 3.8) is 0 Å². The number of benzene rings is 1. The molecule has 2 heterocycles. The molecule has 0 aliphatic carbocycles. The maximum atomic E-state index is 5.68. The van der Waals surface area contributed by atoms with E-state index in [-0.39, 0.29) is 0 Å². The number of rotatable bonds is 6. The van der Waals surface area contributed by atoms with Crippen LogP contribution in [0.2, 0.25) is 0 Å². The number of hydrogen-bond donors (Lipinski definition) is 1. The van der Waals surface area contributed by atoms with Crippen LogP contribution in [-0.4, -0.2) is 22.5 Å². The average molecular weight is 313 g/mol. The van der Waals surface area contributed by atoms with Crippen LogP contribution in [0.5, 0.6) is 5.75 Å². The highest BCUT2D eigenvalue weighted by Gasteiger charge is 2.11. The minimum absolute atomic E-state index is 0.546. The Morgan fingerprint density at radius 3 is 2.82 bits per heavy atom. The lowest BCUT2D eigenvalue weighted by molar-refractivity contribution is 0.353. The van der Waals surface area contributed by atoms with Crippen molar-refractivity contribution in [3.8, 4) is 17.0 Å². The molecule has 0 bridgehead atoms. The number of nitrogens with two attached hydrogens (primary N) is 1. The molecule has 0 saturated heterocycles. The number of nitrogens with zero attached hydrogens (tertiary/aromatic N) is 2. The van der Waals surface area contributed by atoms with E-state index in [1.165, 1.54) is 0 Å². The van der Waals surface area contributed by atoms with Gasteiger partial charge in [-0.15, -0.1) is 11.3 Å². The van der Waals surface area contributed by atoms with Gasteiger partial charge in [0.25, 0.3) is 0 Å². The first-order valence-corrected chi connectivity index (χ1v) is 8.08. The molecule has 5 heteroatoms. The molecule has 1 aromatic carbocycles. The third kappa shape index (κ3) is 2.91. The van der Waals surface area contributed by atoms with E-state index in [0.29, 0.717) is 13.2 Å². The Hall–Kier alpha value is -2.11. The Morgan fingerprint density at radius 1 is 1.36 bits per heavy atom. The predicted octanol–water partition coefficient (Wildman–Crippen LogP) is 3.52. The van der Waals surface area contributed by atoms with Crippen LogP contribution < -0.4 is 10.5 Å². The van der Waals surface area contributed by atoms with Crippen molar-refractivity contribution >= 4 is 16.3 Å². The van der Waals surface area contributed by atoms with Gasteiger partial charge < -0.3 is 10.5 Å². The van der Waals surface area contributed by atoms with Crippen molar-refractivity contribution in [3.05, 3.63) is 53.7 Å². The molecule has 0 unspecified atom stereocenters. The molecule has 0 atom stereocenters. The van der Waals surface area contributed by atoms with E-state index in [1.807, 2.05) is 25.3 Å². The highest BCUT2D eigenvalue weighted by Crippen LogP contribution is 2.28. The van der Waals surface area contributed by atoms with Crippen LogP contribution in [0.15, 0.2) is 48.0 Å². The van der Waals surface area contributed by atoms with Gasteiger partial charge in [0, 0.05) is 17.5 Å². The van der Waals surface area contributed by atoms with Crippen LogP contribution in [0, 0.1) is 0 Å². The Bertz CT molecular complexity index is 786. The third-order valence-corrected chi connectivity index (χ3v) is 4.20. The van der Waals surface area contributed by atoms with Gasteiger partial charge in [0.1, 0.15) is 12.4 Å². The molecule has 0 saturated carbocycles. The molecule has 0 radical (unpaired) electrons. The largest absolute Gasteiger partial charge is 0.489 e. The van der Waals surface area contributed by atoms with Gasteiger partial charge in [-0.3, -0.25) is 4.40 Å². The van der Waals surface area contributed by atoms with Crippen molar-refractivity contribution in [1.82, 2.24) is 9.38 Å². The number of imidazole rings is 1. The van der Waals surface area contributed by atoms with Gasteiger partial charge >= 0.3 is 0 Å². The highest BCUT2D eigenvalue weighted by molar-refractivity contribution is 7.15. The maximum absolute atomic E-state index is 5.68. The van der Waals surface area contributed by atoms with Crippen molar-refractivity contribution in [2.75, 3.05) is 13.2 Å².